The first-order valence-electron chi connectivity index (χ1n) is 7.08. The minimum absolute atomic E-state index is 0.166. The molecule has 0 radical (unpaired) electrons. The molecular formula is C14H23N3O2. The Morgan fingerprint density at radius 1 is 1.47 bits per heavy atom. The van der Waals surface area contributed by atoms with Gasteiger partial charge in [-0.25, -0.2) is 0 Å². The van der Waals surface area contributed by atoms with Gasteiger partial charge in [-0.15, -0.1) is 0 Å². The van der Waals surface area contributed by atoms with Crippen molar-refractivity contribution in [2.24, 2.45) is 5.92 Å². The third-order valence-corrected chi connectivity index (χ3v) is 3.58. The monoisotopic (exact) mass is 265 g/mol. The summed E-state index contributed by atoms with van der Waals surface area (Å²) >= 11 is 0. The van der Waals surface area contributed by atoms with Crippen molar-refractivity contribution in [3.8, 4) is 0 Å². The lowest BCUT2D eigenvalue weighted by molar-refractivity contribution is 0.0905. The summed E-state index contributed by atoms with van der Waals surface area (Å²) in [4.78, 5) is 14.4. The highest BCUT2D eigenvalue weighted by Crippen LogP contribution is 2.11. The van der Waals surface area contributed by atoms with Crippen molar-refractivity contribution in [1.82, 2.24) is 15.4 Å². The highest BCUT2D eigenvalue weighted by Gasteiger charge is 2.17. The van der Waals surface area contributed by atoms with E-state index in [1.807, 2.05) is 6.92 Å². The minimum Gasteiger partial charge on any atom is -0.351 e. The Kier molecular flexibility index (Phi) is 4.96. The summed E-state index contributed by atoms with van der Waals surface area (Å²) in [5.41, 5.74) is 0.779. The van der Waals surface area contributed by atoms with Gasteiger partial charge in [-0.2, -0.15) is 0 Å². The van der Waals surface area contributed by atoms with E-state index >= 15 is 0 Å². The third kappa shape index (κ3) is 4.06. The SMILES string of the molecule is Cc1cnoc1C(=O)NC[C@@H](C)CN1CCCCC1. The average molecular weight is 265 g/mol. The van der Waals surface area contributed by atoms with E-state index in [0.717, 1.165) is 12.1 Å². The number of hydrogen-bond donors (Lipinski definition) is 1. The Morgan fingerprint density at radius 3 is 2.84 bits per heavy atom. The smallest absolute Gasteiger partial charge is 0.290 e. The van der Waals surface area contributed by atoms with Gasteiger partial charge in [0.2, 0.25) is 5.76 Å². The van der Waals surface area contributed by atoms with Crippen molar-refractivity contribution in [3.63, 3.8) is 0 Å². The largest absolute Gasteiger partial charge is 0.351 e. The van der Waals surface area contributed by atoms with Crippen LogP contribution in [0.5, 0.6) is 0 Å². The molecule has 2 rings (SSSR count). The van der Waals surface area contributed by atoms with Gasteiger partial charge < -0.3 is 14.7 Å². The van der Waals surface area contributed by atoms with Gasteiger partial charge in [0.05, 0.1) is 6.20 Å². The molecule has 1 aromatic heterocycles. The molecule has 2 heterocycles. The van der Waals surface area contributed by atoms with Gasteiger partial charge in [-0.05, 0) is 38.8 Å². The summed E-state index contributed by atoms with van der Waals surface area (Å²) in [5.74, 6) is 0.607. The van der Waals surface area contributed by atoms with Crippen molar-refractivity contribution in [1.29, 1.82) is 0 Å². The van der Waals surface area contributed by atoms with E-state index in [9.17, 15) is 4.79 Å². The summed E-state index contributed by atoms with van der Waals surface area (Å²) in [6, 6.07) is 0. The number of aromatic nitrogens is 1. The van der Waals surface area contributed by atoms with E-state index in [-0.39, 0.29) is 5.91 Å². The molecule has 0 saturated carbocycles. The summed E-state index contributed by atoms with van der Waals surface area (Å²) in [6.07, 6.45) is 5.52. The molecule has 19 heavy (non-hydrogen) atoms. The van der Waals surface area contributed by atoms with Crippen LogP contribution in [0.1, 0.15) is 42.3 Å². The minimum atomic E-state index is -0.166. The van der Waals surface area contributed by atoms with E-state index in [2.05, 4.69) is 22.3 Å². The van der Waals surface area contributed by atoms with Crippen LogP contribution >= 0.6 is 0 Å². The zero-order valence-electron chi connectivity index (χ0n) is 11.8. The molecule has 0 aliphatic carbocycles. The van der Waals surface area contributed by atoms with Crippen LogP contribution in [0, 0.1) is 12.8 Å². The zero-order valence-corrected chi connectivity index (χ0v) is 11.8. The average Bonchev–Trinajstić information content (AvgIpc) is 2.83. The van der Waals surface area contributed by atoms with Crippen LogP contribution in [-0.2, 0) is 0 Å². The van der Waals surface area contributed by atoms with Crippen LogP contribution in [0.2, 0.25) is 0 Å². The third-order valence-electron chi connectivity index (χ3n) is 3.58. The van der Waals surface area contributed by atoms with Gasteiger partial charge in [0.1, 0.15) is 0 Å². The molecule has 0 bridgehead atoms. The fourth-order valence-corrected chi connectivity index (χ4v) is 2.50. The van der Waals surface area contributed by atoms with Crippen LogP contribution in [0.15, 0.2) is 10.7 Å². The lowest BCUT2D eigenvalue weighted by Crippen LogP contribution is -2.38. The molecule has 1 atom stereocenters. The van der Waals surface area contributed by atoms with Gasteiger partial charge in [-0.1, -0.05) is 18.5 Å². The van der Waals surface area contributed by atoms with Gasteiger partial charge in [-0.3, -0.25) is 4.79 Å². The van der Waals surface area contributed by atoms with E-state index in [0.29, 0.717) is 18.2 Å². The Bertz CT molecular complexity index is 411. The number of hydrogen-bond acceptors (Lipinski definition) is 4. The Labute approximate surface area is 114 Å². The summed E-state index contributed by atoms with van der Waals surface area (Å²) in [7, 11) is 0. The van der Waals surface area contributed by atoms with E-state index < -0.39 is 0 Å². The maximum absolute atomic E-state index is 11.9. The molecule has 1 amide bonds. The number of nitrogens with zero attached hydrogens (tertiary/aromatic N) is 2. The molecule has 106 valence electrons. The van der Waals surface area contributed by atoms with E-state index in [1.54, 1.807) is 6.20 Å². The quantitative estimate of drug-likeness (QED) is 0.882. The maximum atomic E-state index is 11.9. The molecular weight excluding hydrogens is 242 g/mol. The fourth-order valence-electron chi connectivity index (χ4n) is 2.50. The number of rotatable bonds is 5. The molecule has 5 nitrogen and oxygen atoms in total. The number of carbonyl (C=O) groups is 1. The summed E-state index contributed by atoms with van der Waals surface area (Å²) < 4.78 is 4.94. The number of carbonyl (C=O) groups excluding carboxylic acids is 1. The summed E-state index contributed by atoms with van der Waals surface area (Å²) in [6.45, 7) is 8.11. The lowest BCUT2D eigenvalue weighted by atomic mass is 10.1. The van der Waals surface area contributed by atoms with Crippen molar-refractivity contribution in [2.75, 3.05) is 26.2 Å². The number of nitrogens with one attached hydrogen (secondary N) is 1. The zero-order chi connectivity index (χ0) is 13.7. The highest BCUT2D eigenvalue weighted by molar-refractivity contribution is 5.92. The molecule has 0 aromatic carbocycles. The van der Waals surface area contributed by atoms with Crippen molar-refractivity contribution in [3.05, 3.63) is 17.5 Å². The Morgan fingerprint density at radius 2 is 2.21 bits per heavy atom. The first kappa shape index (κ1) is 14.1. The standard InChI is InChI=1S/C14H23N3O2/c1-11(10-17-6-4-3-5-7-17)8-15-14(18)13-12(2)9-16-19-13/h9,11H,3-8,10H2,1-2H3,(H,15,18)/t11-/m1/s1. The molecule has 5 heteroatoms. The molecule has 1 aliphatic heterocycles. The van der Waals surface area contributed by atoms with Crippen molar-refractivity contribution >= 4 is 5.91 Å². The topological polar surface area (TPSA) is 58.4 Å². The predicted molar refractivity (Wildman–Crippen MR) is 73.0 cm³/mol. The van der Waals surface area contributed by atoms with Crippen molar-refractivity contribution < 1.29 is 9.32 Å². The highest BCUT2D eigenvalue weighted by atomic mass is 16.5. The lowest BCUT2D eigenvalue weighted by Gasteiger charge is -2.29. The molecule has 1 fully saturated rings. The summed E-state index contributed by atoms with van der Waals surface area (Å²) in [5, 5.41) is 6.54. The van der Waals surface area contributed by atoms with Gasteiger partial charge >= 0.3 is 0 Å². The van der Waals surface area contributed by atoms with Crippen LogP contribution in [-0.4, -0.2) is 42.1 Å². The molecule has 1 aliphatic rings. The Balaban J connectivity index is 1.72. The van der Waals surface area contributed by atoms with Gasteiger partial charge in [0.15, 0.2) is 0 Å². The Hall–Kier alpha value is -1.36. The first-order chi connectivity index (χ1) is 9.16. The van der Waals surface area contributed by atoms with Crippen LogP contribution in [0.3, 0.4) is 0 Å². The normalized spacial score (nSPS) is 18.2. The second kappa shape index (κ2) is 6.70. The molecule has 1 N–H and O–H groups in total. The predicted octanol–water partition coefficient (Wildman–Crippen LogP) is 1.83. The number of aryl methyl sites for hydroxylation is 1. The molecule has 1 aromatic rings. The molecule has 0 unspecified atom stereocenters. The second-order valence-electron chi connectivity index (χ2n) is 5.51. The van der Waals surface area contributed by atoms with Crippen LogP contribution in [0.4, 0.5) is 0 Å². The van der Waals surface area contributed by atoms with Gasteiger partial charge in [0.25, 0.3) is 5.91 Å². The fraction of sp³-hybridized carbons (Fsp3) is 0.714. The first-order valence-corrected chi connectivity index (χ1v) is 7.08. The van der Waals surface area contributed by atoms with Crippen LogP contribution in [0.25, 0.3) is 0 Å². The number of amides is 1. The van der Waals surface area contributed by atoms with Crippen molar-refractivity contribution in [2.45, 2.75) is 33.1 Å². The maximum Gasteiger partial charge on any atom is 0.290 e. The van der Waals surface area contributed by atoms with E-state index in [4.69, 9.17) is 4.52 Å². The number of likely N-dealkylation sites (tertiary alicyclic amines) is 1. The molecule has 1 saturated heterocycles. The number of piperidine rings is 1. The van der Waals surface area contributed by atoms with E-state index in [1.165, 1.54) is 32.4 Å². The van der Waals surface area contributed by atoms with Gasteiger partial charge in [0, 0.05) is 18.7 Å². The second-order valence-corrected chi connectivity index (χ2v) is 5.51. The van der Waals surface area contributed by atoms with Crippen LogP contribution < -0.4 is 5.32 Å². The molecule has 0 spiro atoms.